The van der Waals surface area contributed by atoms with Gasteiger partial charge < -0.3 is 15.1 Å². The van der Waals surface area contributed by atoms with Gasteiger partial charge in [-0.15, -0.1) is 0 Å². The van der Waals surface area contributed by atoms with Crippen LogP contribution < -0.4 is 5.32 Å². The number of likely N-dealkylation sites (tertiary alicyclic amines) is 1. The molecule has 4 nitrogen and oxygen atoms in total. The lowest BCUT2D eigenvalue weighted by atomic mass is 9.91. The number of amides is 1. The molecule has 0 aromatic heterocycles. The summed E-state index contributed by atoms with van der Waals surface area (Å²) in [5.41, 5.74) is 0. The Bertz CT molecular complexity index is 271. The van der Waals surface area contributed by atoms with Crippen LogP contribution in [0.1, 0.15) is 33.6 Å². The minimum Gasteiger partial charge on any atom is -0.341 e. The fourth-order valence-electron chi connectivity index (χ4n) is 2.92. The Kier molecular flexibility index (Phi) is 6.80. The Hall–Kier alpha value is -0.610. The number of carbonyl (C=O) groups is 1. The van der Waals surface area contributed by atoms with E-state index in [2.05, 4.69) is 38.2 Å². The average Bonchev–Trinajstić information content (AvgIpc) is 2.32. The minimum absolute atomic E-state index is 0.0559. The van der Waals surface area contributed by atoms with E-state index < -0.39 is 0 Å². The second-order valence-corrected chi connectivity index (χ2v) is 6.52. The summed E-state index contributed by atoms with van der Waals surface area (Å²) in [6, 6.07) is -0.0559. The molecule has 112 valence electrons. The Labute approximate surface area is 118 Å². The highest BCUT2D eigenvalue weighted by Crippen LogP contribution is 2.21. The summed E-state index contributed by atoms with van der Waals surface area (Å²) in [4.78, 5) is 16.6. The quantitative estimate of drug-likeness (QED) is 0.741. The zero-order valence-corrected chi connectivity index (χ0v) is 13.3. The first-order valence-corrected chi connectivity index (χ1v) is 7.57. The molecule has 0 radical (unpaired) electrons. The van der Waals surface area contributed by atoms with Crippen molar-refractivity contribution in [3.8, 4) is 0 Å². The lowest BCUT2D eigenvalue weighted by Gasteiger charge is -2.36. The number of carbonyl (C=O) groups excluding carboxylic acids is 1. The van der Waals surface area contributed by atoms with E-state index in [1.54, 1.807) is 0 Å². The van der Waals surface area contributed by atoms with Gasteiger partial charge in [0.15, 0.2) is 0 Å². The van der Waals surface area contributed by atoms with Crippen LogP contribution in [-0.4, -0.2) is 62.0 Å². The predicted molar refractivity (Wildman–Crippen MR) is 80.2 cm³/mol. The fraction of sp³-hybridized carbons (Fsp3) is 0.933. The van der Waals surface area contributed by atoms with Crippen molar-refractivity contribution >= 4 is 5.91 Å². The van der Waals surface area contributed by atoms with Crippen molar-refractivity contribution in [3.05, 3.63) is 0 Å². The van der Waals surface area contributed by atoms with Crippen LogP contribution in [0, 0.1) is 11.8 Å². The van der Waals surface area contributed by atoms with Crippen LogP contribution in [0.5, 0.6) is 0 Å². The Morgan fingerprint density at radius 2 is 1.89 bits per heavy atom. The van der Waals surface area contributed by atoms with Gasteiger partial charge in [0.1, 0.15) is 0 Å². The number of piperidine rings is 1. The summed E-state index contributed by atoms with van der Waals surface area (Å²) in [6.45, 7) is 10.3. The van der Waals surface area contributed by atoms with Crippen LogP contribution in [0.3, 0.4) is 0 Å². The molecule has 19 heavy (non-hydrogen) atoms. The number of nitrogens with zero attached hydrogens (tertiary/aromatic N) is 2. The molecule has 1 N–H and O–H groups in total. The molecule has 0 spiro atoms. The van der Waals surface area contributed by atoms with Crippen molar-refractivity contribution in [2.75, 3.05) is 40.3 Å². The molecule has 1 rings (SSSR count). The van der Waals surface area contributed by atoms with Crippen molar-refractivity contribution < 1.29 is 4.79 Å². The molecule has 3 unspecified atom stereocenters. The van der Waals surface area contributed by atoms with Crippen molar-refractivity contribution in [3.63, 3.8) is 0 Å². The maximum atomic E-state index is 12.4. The topological polar surface area (TPSA) is 35.6 Å². The van der Waals surface area contributed by atoms with Gasteiger partial charge in [0.05, 0.1) is 6.04 Å². The van der Waals surface area contributed by atoms with E-state index in [4.69, 9.17) is 0 Å². The van der Waals surface area contributed by atoms with Gasteiger partial charge in [-0.25, -0.2) is 0 Å². The van der Waals surface area contributed by atoms with E-state index in [0.29, 0.717) is 11.8 Å². The molecule has 1 aliphatic heterocycles. The van der Waals surface area contributed by atoms with E-state index in [1.807, 2.05) is 11.8 Å². The van der Waals surface area contributed by atoms with Crippen LogP contribution in [0.4, 0.5) is 0 Å². The van der Waals surface area contributed by atoms with E-state index in [1.165, 1.54) is 6.42 Å². The SMILES string of the molecule is CC1CC(C)CN(C(=O)C(C)NCCCN(C)C)C1. The van der Waals surface area contributed by atoms with Crippen molar-refractivity contribution in [1.82, 2.24) is 15.1 Å². The number of hydrogen-bond donors (Lipinski definition) is 1. The highest BCUT2D eigenvalue weighted by atomic mass is 16.2. The maximum Gasteiger partial charge on any atom is 0.239 e. The number of rotatable bonds is 6. The largest absolute Gasteiger partial charge is 0.341 e. The second-order valence-electron chi connectivity index (χ2n) is 6.52. The van der Waals surface area contributed by atoms with Crippen LogP contribution in [-0.2, 0) is 4.79 Å². The first kappa shape index (κ1) is 16.4. The first-order valence-electron chi connectivity index (χ1n) is 7.57. The molecule has 1 aliphatic rings. The normalized spacial score (nSPS) is 25.7. The zero-order valence-electron chi connectivity index (χ0n) is 13.3. The molecule has 0 aliphatic carbocycles. The average molecular weight is 269 g/mol. The Morgan fingerprint density at radius 3 is 2.42 bits per heavy atom. The van der Waals surface area contributed by atoms with Gasteiger partial charge in [0, 0.05) is 13.1 Å². The minimum atomic E-state index is -0.0559. The van der Waals surface area contributed by atoms with Crippen molar-refractivity contribution in [2.24, 2.45) is 11.8 Å². The highest BCUT2D eigenvalue weighted by Gasteiger charge is 2.27. The smallest absolute Gasteiger partial charge is 0.239 e. The standard InChI is InChI=1S/C15H31N3O/c1-12-9-13(2)11-18(10-12)15(19)14(3)16-7-6-8-17(4)5/h12-14,16H,6-11H2,1-5H3. The van der Waals surface area contributed by atoms with Crippen LogP contribution >= 0.6 is 0 Å². The summed E-state index contributed by atoms with van der Waals surface area (Å²) < 4.78 is 0. The highest BCUT2D eigenvalue weighted by molar-refractivity contribution is 5.81. The Balaban J connectivity index is 2.31. The maximum absolute atomic E-state index is 12.4. The molecule has 1 fully saturated rings. The first-order chi connectivity index (χ1) is 8.90. The fourth-order valence-corrected chi connectivity index (χ4v) is 2.92. The van der Waals surface area contributed by atoms with Gasteiger partial charge in [-0.2, -0.15) is 0 Å². The summed E-state index contributed by atoms with van der Waals surface area (Å²) in [6.07, 6.45) is 2.33. The summed E-state index contributed by atoms with van der Waals surface area (Å²) in [5, 5.41) is 3.35. The van der Waals surface area contributed by atoms with Gasteiger partial charge in [-0.05, 0) is 58.8 Å². The summed E-state index contributed by atoms with van der Waals surface area (Å²) in [5.74, 6) is 1.53. The third-order valence-corrected chi connectivity index (χ3v) is 3.78. The third kappa shape index (κ3) is 5.91. The molecule has 0 aromatic rings. The van der Waals surface area contributed by atoms with E-state index in [0.717, 1.165) is 32.6 Å². The van der Waals surface area contributed by atoms with Gasteiger partial charge in [0.25, 0.3) is 0 Å². The van der Waals surface area contributed by atoms with E-state index >= 15 is 0 Å². The molecule has 4 heteroatoms. The monoisotopic (exact) mass is 269 g/mol. The van der Waals surface area contributed by atoms with Gasteiger partial charge in [-0.1, -0.05) is 13.8 Å². The van der Waals surface area contributed by atoms with Gasteiger partial charge in [0.2, 0.25) is 5.91 Å². The molecule has 1 saturated heterocycles. The number of nitrogens with one attached hydrogen (secondary N) is 1. The molecule has 0 aromatic carbocycles. The molecule has 1 amide bonds. The molecule has 1 heterocycles. The van der Waals surface area contributed by atoms with Crippen molar-refractivity contribution in [1.29, 1.82) is 0 Å². The van der Waals surface area contributed by atoms with E-state index in [-0.39, 0.29) is 11.9 Å². The number of hydrogen-bond acceptors (Lipinski definition) is 3. The van der Waals surface area contributed by atoms with Crippen LogP contribution in [0.15, 0.2) is 0 Å². The second kappa shape index (κ2) is 7.85. The Morgan fingerprint density at radius 1 is 1.32 bits per heavy atom. The molecular weight excluding hydrogens is 238 g/mol. The molecular formula is C15H31N3O. The van der Waals surface area contributed by atoms with Crippen LogP contribution in [0.2, 0.25) is 0 Å². The zero-order chi connectivity index (χ0) is 14.4. The lowest BCUT2D eigenvalue weighted by Crippen LogP contribution is -2.50. The summed E-state index contributed by atoms with van der Waals surface area (Å²) in [7, 11) is 4.15. The van der Waals surface area contributed by atoms with Crippen LogP contribution in [0.25, 0.3) is 0 Å². The molecule has 0 saturated carbocycles. The molecule has 0 bridgehead atoms. The summed E-state index contributed by atoms with van der Waals surface area (Å²) >= 11 is 0. The van der Waals surface area contributed by atoms with Gasteiger partial charge >= 0.3 is 0 Å². The van der Waals surface area contributed by atoms with E-state index in [9.17, 15) is 4.79 Å². The van der Waals surface area contributed by atoms with Gasteiger partial charge in [-0.3, -0.25) is 4.79 Å². The lowest BCUT2D eigenvalue weighted by molar-refractivity contribution is -0.135. The molecule has 3 atom stereocenters. The third-order valence-electron chi connectivity index (χ3n) is 3.78. The predicted octanol–water partition coefficient (Wildman–Crippen LogP) is 1.42. The van der Waals surface area contributed by atoms with Crippen molar-refractivity contribution in [2.45, 2.75) is 39.7 Å².